The predicted octanol–water partition coefficient (Wildman–Crippen LogP) is 2.20. The lowest BCUT2D eigenvalue weighted by Gasteiger charge is -2.19. The molecule has 0 fully saturated rings. The van der Waals surface area contributed by atoms with Crippen LogP contribution in [0.3, 0.4) is 0 Å². The Balaban J connectivity index is 1.84. The molecule has 1 amide bonds. The van der Waals surface area contributed by atoms with Gasteiger partial charge in [-0.05, 0) is 30.2 Å². The molecular formula is C18H20N2O2. The van der Waals surface area contributed by atoms with Crippen LogP contribution < -0.4 is 5.32 Å². The summed E-state index contributed by atoms with van der Waals surface area (Å²) in [5.74, 6) is -0.233. The number of amides is 1. The van der Waals surface area contributed by atoms with E-state index in [4.69, 9.17) is 0 Å². The van der Waals surface area contributed by atoms with E-state index in [1.807, 2.05) is 42.5 Å². The molecule has 4 nitrogen and oxygen atoms in total. The number of nitrogens with one attached hydrogen (secondary N) is 1. The lowest BCUT2D eigenvalue weighted by Crippen LogP contribution is -2.41. The maximum atomic E-state index is 11.9. The molecule has 0 aliphatic rings. The second kappa shape index (κ2) is 8.10. The molecule has 0 saturated heterocycles. The van der Waals surface area contributed by atoms with E-state index in [2.05, 4.69) is 10.3 Å². The number of hydrogen-bond acceptors (Lipinski definition) is 3. The first-order valence-corrected chi connectivity index (χ1v) is 7.26. The Bertz CT molecular complexity index is 611. The van der Waals surface area contributed by atoms with Gasteiger partial charge in [-0.3, -0.25) is 9.78 Å². The fraction of sp³-hybridized carbons (Fsp3) is 0.222. The molecule has 4 heteroatoms. The summed E-state index contributed by atoms with van der Waals surface area (Å²) in [5, 5.41) is 12.9. The van der Waals surface area contributed by atoms with Crippen LogP contribution in [-0.4, -0.2) is 28.1 Å². The Morgan fingerprint density at radius 3 is 2.73 bits per heavy atom. The molecule has 1 aromatic carbocycles. The third-order valence-corrected chi connectivity index (χ3v) is 3.35. The first-order valence-electron chi connectivity index (χ1n) is 7.26. The monoisotopic (exact) mass is 296 g/mol. The summed E-state index contributed by atoms with van der Waals surface area (Å²) < 4.78 is 0. The molecule has 2 atom stereocenters. The van der Waals surface area contributed by atoms with E-state index in [9.17, 15) is 9.90 Å². The van der Waals surface area contributed by atoms with Crippen LogP contribution in [0.25, 0.3) is 6.08 Å². The van der Waals surface area contributed by atoms with Crippen LogP contribution in [0.5, 0.6) is 0 Å². The van der Waals surface area contributed by atoms with Crippen molar-refractivity contribution in [1.29, 1.82) is 0 Å². The zero-order chi connectivity index (χ0) is 15.8. The lowest BCUT2D eigenvalue weighted by atomic mass is 10.0. The summed E-state index contributed by atoms with van der Waals surface area (Å²) in [6.45, 7) is 1.80. The number of hydrogen-bond donors (Lipinski definition) is 2. The number of rotatable bonds is 6. The third kappa shape index (κ3) is 5.14. The summed E-state index contributed by atoms with van der Waals surface area (Å²) >= 11 is 0. The Hall–Kier alpha value is -2.46. The zero-order valence-electron chi connectivity index (χ0n) is 12.5. The van der Waals surface area contributed by atoms with Gasteiger partial charge in [-0.1, -0.05) is 36.4 Å². The van der Waals surface area contributed by atoms with Crippen molar-refractivity contribution < 1.29 is 9.90 Å². The van der Waals surface area contributed by atoms with Crippen LogP contribution >= 0.6 is 0 Å². The van der Waals surface area contributed by atoms with Gasteiger partial charge in [-0.25, -0.2) is 0 Å². The number of aliphatic hydroxyl groups is 1. The topological polar surface area (TPSA) is 62.2 Å². The molecule has 0 radical (unpaired) electrons. The van der Waals surface area contributed by atoms with Crippen molar-refractivity contribution in [3.05, 3.63) is 72.1 Å². The third-order valence-electron chi connectivity index (χ3n) is 3.35. The highest BCUT2D eigenvalue weighted by Gasteiger charge is 2.15. The number of carbonyl (C=O) groups is 1. The van der Waals surface area contributed by atoms with Gasteiger partial charge >= 0.3 is 0 Å². The number of aliphatic hydroxyl groups excluding tert-OH is 1. The van der Waals surface area contributed by atoms with E-state index in [1.165, 1.54) is 6.08 Å². The van der Waals surface area contributed by atoms with Gasteiger partial charge < -0.3 is 10.4 Å². The molecule has 0 aliphatic heterocycles. The van der Waals surface area contributed by atoms with Crippen molar-refractivity contribution in [2.75, 3.05) is 0 Å². The predicted molar refractivity (Wildman–Crippen MR) is 87.0 cm³/mol. The first-order chi connectivity index (χ1) is 10.6. The van der Waals surface area contributed by atoms with Crippen LogP contribution in [0.2, 0.25) is 0 Å². The summed E-state index contributed by atoms with van der Waals surface area (Å²) in [7, 11) is 0. The highest BCUT2D eigenvalue weighted by atomic mass is 16.3. The maximum absolute atomic E-state index is 11.9. The minimum absolute atomic E-state index is 0.233. The highest BCUT2D eigenvalue weighted by molar-refractivity contribution is 5.91. The smallest absolute Gasteiger partial charge is 0.244 e. The molecular weight excluding hydrogens is 276 g/mol. The van der Waals surface area contributed by atoms with Crippen LogP contribution in [0.1, 0.15) is 18.1 Å². The Morgan fingerprint density at radius 1 is 1.27 bits per heavy atom. The Morgan fingerprint density at radius 2 is 2.05 bits per heavy atom. The van der Waals surface area contributed by atoms with Crippen LogP contribution in [0.15, 0.2) is 60.9 Å². The second-order valence-electron chi connectivity index (χ2n) is 5.17. The molecule has 0 bridgehead atoms. The van der Waals surface area contributed by atoms with Gasteiger partial charge in [0.05, 0.1) is 12.1 Å². The van der Waals surface area contributed by atoms with Gasteiger partial charge in [0, 0.05) is 24.9 Å². The molecule has 0 spiro atoms. The molecule has 1 heterocycles. The molecule has 114 valence electrons. The Labute approximate surface area is 130 Å². The van der Waals surface area contributed by atoms with E-state index < -0.39 is 6.10 Å². The molecule has 2 aromatic rings. The molecule has 22 heavy (non-hydrogen) atoms. The molecule has 0 aliphatic carbocycles. The quantitative estimate of drug-likeness (QED) is 0.803. The van der Waals surface area contributed by atoms with Crippen LogP contribution in [-0.2, 0) is 11.2 Å². The number of benzene rings is 1. The number of pyridine rings is 1. The number of nitrogens with zero attached hydrogens (tertiary/aromatic N) is 1. The molecule has 1 aromatic heterocycles. The fourth-order valence-electron chi connectivity index (χ4n) is 2.05. The zero-order valence-corrected chi connectivity index (χ0v) is 12.5. The number of aromatic nitrogens is 1. The van der Waals surface area contributed by atoms with Gasteiger partial charge in [-0.15, -0.1) is 0 Å². The van der Waals surface area contributed by atoms with Gasteiger partial charge in [0.1, 0.15) is 0 Å². The minimum atomic E-state index is -0.627. The van der Waals surface area contributed by atoms with Crippen molar-refractivity contribution in [3.63, 3.8) is 0 Å². The largest absolute Gasteiger partial charge is 0.391 e. The van der Waals surface area contributed by atoms with E-state index in [-0.39, 0.29) is 11.9 Å². The SMILES string of the molecule is CC(NC(=O)/C=C/c1cccnc1)C(O)Cc1ccccc1. The van der Waals surface area contributed by atoms with E-state index in [0.29, 0.717) is 6.42 Å². The fourth-order valence-corrected chi connectivity index (χ4v) is 2.05. The summed E-state index contributed by atoms with van der Waals surface area (Å²) in [6.07, 6.45) is 6.38. The maximum Gasteiger partial charge on any atom is 0.244 e. The minimum Gasteiger partial charge on any atom is -0.391 e. The standard InChI is InChI=1S/C18H20N2O2/c1-14(17(21)12-15-6-3-2-4-7-15)20-18(22)10-9-16-8-5-11-19-13-16/h2-11,13-14,17,21H,12H2,1H3,(H,20,22)/b10-9+. The molecule has 0 saturated carbocycles. The van der Waals surface area contributed by atoms with Crippen molar-refractivity contribution in [2.45, 2.75) is 25.5 Å². The molecule has 2 rings (SSSR count). The molecule has 2 unspecified atom stereocenters. The van der Waals surface area contributed by atoms with Crippen LogP contribution in [0.4, 0.5) is 0 Å². The van der Waals surface area contributed by atoms with Gasteiger partial charge in [0.25, 0.3) is 0 Å². The van der Waals surface area contributed by atoms with Crippen molar-refractivity contribution >= 4 is 12.0 Å². The van der Waals surface area contributed by atoms with Crippen LogP contribution in [0, 0.1) is 0 Å². The average Bonchev–Trinajstić information content (AvgIpc) is 2.55. The van der Waals surface area contributed by atoms with Crippen molar-refractivity contribution in [3.8, 4) is 0 Å². The highest BCUT2D eigenvalue weighted by Crippen LogP contribution is 2.06. The molecule has 2 N–H and O–H groups in total. The number of carbonyl (C=O) groups excluding carboxylic acids is 1. The average molecular weight is 296 g/mol. The van der Waals surface area contributed by atoms with Gasteiger partial charge in [-0.2, -0.15) is 0 Å². The van der Waals surface area contributed by atoms with Gasteiger partial charge in [0.15, 0.2) is 0 Å². The summed E-state index contributed by atoms with van der Waals surface area (Å²) in [4.78, 5) is 15.8. The normalized spacial score (nSPS) is 13.7. The van der Waals surface area contributed by atoms with Crippen molar-refractivity contribution in [1.82, 2.24) is 10.3 Å². The second-order valence-corrected chi connectivity index (χ2v) is 5.17. The summed E-state index contributed by atoms with van der Waals surface area (Å²) in [6, 6.07) is 13.1. The van der Waals surface area contributed by atoms with Crippen molar-refractivity contribution in [2.24, 2.45) is 0 Å². The first kappa shape index (κ1) is 15.9. The van der Waals surface area contributed by atoms with E-state index in [1.54, 1.807) is 25.4 Å². The van der Waals surface area contributed by atoms with Gasteiger partial charge in [0.2, 0.25) is 5.91 Å². The van der Waals surface area contributed by atoms with E-state index in [0.717, 1.165) is 11.1 Å². The Kier molecular flexibility index (Phi) is 5.86. The van der Waals surface area contributed by atoms with E-state index >= 15 is 0 Å². The lowest BCUT2D eigenvalue weighted by molar-refractivity contribution is -0.117. The summed E-state index contributed by atoms with van der Waals surface area (Å²) in [5.41, 5.74) is 1.90.